The third-order valence-corrected chi connectivity index (χ3v) is 5.61. The van der Waals surface area contributed by atoms with E-state index in [0.29, 0.717) is 0 Å². The molecule has 0 bridgehead atoms. The standard InChI is InChI=1S/C24H33N3O2/c1-24(2,3)20-11-9-19(10-12-20)22(29-23(25)28)13-14-26-15-17-27(18-16-26)21-7-5-4-6-8-21/h4-12,22H,13-18H2,1-3H3,(H2,25,28). The third kappa shape index (κ3) is 5.97. The van der Waals surface area contributed by atoms with Crippen molar-refractivity contribution < 1.29 is 9.53 Å². The van der Waals surface area contributed by atoms with E-state index in [1.54, 1.807) is 0 Å². The van der Waals surface area contributed by atoms with Crippen molar-refractivity contribution >= 4 is 11.8 Å². The van der Waals surface area contributed by atoms with E-state index < -0.39 is 6.09 Å². The number of anilines is 1. The van der Waals surface area contributed by atoms with E-state index in [1.807, 2.05) is 6.07 Å². The van der Waals surface area contributed by atoms with Crippen LogP contribution in [-0.4, -0.2) is 43.7 Å². The van der Waals surface area contributed by atoms with Crippen molar-refractivity contribution in [1.29, 1.82) is 0 Å². The molecule has 156 valence electrons. The van der Waals surface area contributed by atoms with Crippen molar-refractivity contribution in [3.8, 4) is 0 Å². The number of para-hydroxylation sites is 1. The van der Waals surface area contributed by atoms with Gasteiger partial charge in [0.05, 0.1) is 0 Å². The van der Waals surface area contributed by atoms with E-state index in [-0.39, 0.29) is 11.5 Å². The van der Waals surface area contributed by atoms with Gasteiger partial charge >= 0.3 is 6.09 Å². The summed E-state index contributed by atoms with van der Waals surface area (Å²) in [5.41, 5.74) is 8.97. The fraction of sp³-hybridized carbons (Fsp3) is 0.458. The number of nitrogens with zero attached hydrogens (tertiary/aromatic N) is 2. The predicted octanol–water partition coefficient (Wildman–Crippen LogP) is 4.33. The van der Waals surface area contributed by atoms with Crippen molar-refractivity contribution in [2.45, 2.75) is 38.7 Å². The van der Waals surface area contributed by atoms with E-state index in [1.165, 1.54) is 11.3 Å². The second-order valence-electron chi connectivity index (χ2n) is 8.75. The number of carbonyl (C=O) groups is 1. The number of ether oxygens (including phenoxy) is 1. The van der Waals surface area contributed by atoms with Gasteiger partial charge in [0.1, 0.15) is 6.10 Å². The van der Waals surface area contributed by atoms with E-state index in [0.717, 1.165) is 44.7 Å². The highest BCUT2D eigenvalue weighted by Crippen LogP contribution is 2.27. The monoisotopic (exact) mass is 395 g/mol. The molecule has 5 heteroatoms. The SMILES string of the molecule is CC(C)(C)c1ccc(C(CCN2CCN(c3ccccc3)CC2)OC(N)=O)cc1. The first-order valence-corrected chi connectivity index (χ1v) is 10.4. The highest BCUT2D eigenvalue weighted by Gasteiger charge is 2.21. The molecule has 3 rings (SSSR count). The topological polar surface area (TPSA) is 58.8 Å². The van der Waals surface area contributed by atoms with Crippen molar-refractivity contribution in [3.05, 3.63) is 65.7 Å². The average molecular weight is 396 g/mol. The number of hydrogen-bond donors (Lipinski definition) is 1. The largest absolute Gasteiger partial charge is 0.441 e. The van der Waals surface area contributed by atoms with Crippen LogP contribution < -0.4 is 10.6 Å². The van der Waals surface area contributed by atoms with Gasteiger partial charge in [-0.2, -0.15) is 0 Å². The zero-order chi connectivity index (χ0) is 20.9. The van der Waals surface area contributed by atoms with Crippen molar-refractivity contribution in [2.24, 2.45) is 5.73 Å². The normalized spacial score (nSPS) is 16.4. The first kappa shape index (κ1) is 21.2. The van der Waals surface area contributed by atoms with Gasteiger partial charge in [-0.1, -0.05) is 63.2 Å². The number of piperazine rings is 1. The fourth-order valence-corrected chi connectivity index (χ4v) is 3.80. The van der Waals surface area contributed by atoms with Crippen LogP contribution in [0.15, 0.2) is 54.6 Å². The van der Waals surface area contributed by atoms with Crippen molar-refractivity contribution in [1.82, 2.24) is 4.90 Å². The molecule has 0 saturated carbocycles. The summed E-state index contributed by atoms with van der Waals surface area (Å²) < 4.78 is 5.45. The van der Waals surface area contributed by atoms with Gasteiger partial charge in [0, 0.05) is 44.8 Å². The molecule has 2 aromatic carbocycles. The number of nitrogens with two attached hydrogens (primary N) is 1. The van der Waals surface area contributed by atoms with E-state index in [2.05, 4.69) is 79.1 Å². The Balaban J connectivity index is 1.56. The molecule has 1 aliphatic heterocycles. The average Bonchev–Trinajstić information content (AvgIpc) is 2.71. The van der Waals surface area contributed by atoms with Crippen LogP contribution in [0.1, 0.15) is 44.4 Å². The molecule has 0 aromatic heterocycles. The van der Waals surface area contributed by atoms with Crippen LogP contribution in [-0.2, 0) is 10.2 Å². The third-order valence-electron chi connectivity index (χ3n) is 5.61. The Bertz CT molecular complexity index is 776. The lowest BCUT2D eigenvalue weighted by Gasteiger charge is -2.36. The first-order chi connectivity index (χ1) is 13.8. The molecule has 1 heterocycles. The Morgan fingerprint density at radius 3 is 2.17 bits per heavy atom. The van der Waals surface area contributed by atoms with E-state index in [9.17, 15) is 4.79 Å². The molecule has 1 amide bonds. The van der Waals surface area contributed by atoms with Gasteiger partial charge in [0.15, 0.2) is 0 Å². The molecule has 29 heavy (non-hydrogen) atoms. The lowest BCUT2D eigenvalue weighted by molar-refractivity contribution is 0.0910. The molecule has 1 aliphatic rings. The highest BCUT2D eigenvalue weighted by atomic mass is 16.6. The number of hydrogen-bond acceptors (Lipinski definition) is 4. The Morgan fingerprint density at radius 2 is 1.62 bits per heavy atom. The van der Waals surface area contributed by atoms with Gasteiger partial charge in [-0.15, -0.1) is 0 Å². The molecule has 1 fully saturated rings. The maximum Gasteiger partial charge on any atom is 0.405 e. The summed E-state index contributed by atoms with van der Waals surface area (Å²) >= 11 is 0. The lowest BCUT2D eigenvalue weighted by Crippen LogP contribution is -2.46. The summed E-state index contributed by atoms with van der Waals surface area (Å²) in [6.45, 7) is 11.5. The minimum absolute atomic E-state index is 0.0942. The van der Waals surface area contributed by atoms with Crippen LogP contribution in [0, 0.1) is 0 Å². The van der Waals surface area contributed by atoms with Crippen LogP contribution in [0.25, 0.3) is 0 Å². The maximum absolute atomic E-state index is 11.4. The van der Waals surface area contributed by atoms with Gasteiger partial charge in [-0.25, -0.2) is 4.79 Å². The second-order valence-corrected chi connectivity index (χ2v) is 8.75. The van der Waals surface area contributed by atoms with Crippen LogP contribution in [0.4, 0.5) is 10.5 Å². The number of carbonyl (C=O) groups excluding carboxylic acids is 1. The number of benzene rings is 2. The van der Waals surface area contributed by atoms with Gasteiger partial charge in [-0.3, -0.25) is 4.90 Å². The van der Waals surface area contributed by atoms with Crippen LogP contribution >= 0.6 is 0 Å². The van der Waals surface area contributed by atoms with Gasteiger partial charge < -0.3 is 15.4 Å². The van der Waals surface area contributed by atoms with Crippen LogP contribution in [0.3, 0.4) is 0 Å². The molecule has 1 unspecified atom stereocenters. The number of primary amides is 1. The molecular weight excluding hydrogens is 362 g/mol. The van der Waals surface area contributed by atoms with Crippen LogP contribution in [0.5, 0.6) is 0 Å². The molecule has 2 N–H and O–H groups in total. The van der Waals surface area contributed by atoms with Gasteiger partial charge in [-0.05, 0) is 28.7 Å². The zero-order valence-corrected chi connectivity index (χ0v) is 17.8. The van der Waals surface area contributed by atoms with Crippen LogP contribution in [0.2, 0.25) is 0 Å². The minimum Gasteiger partial charge on any atom is -0.441 e. The Labute approximate surface area is 174 Å². The molecule has 0 spiro atoms. The van der Waals surface area contributed by atoms with Gasteiger partial charge in [0.2, 0.25) is 0 Å². The molecule has 2 aromatic rings. The summed E-state index contributed by atoms with van der Waals surface area (Å²) in [7, 11) is 0. The smallest absolute Gasteiger partial charge is 0.405 e. The summed E-state index contributed by atoms with van der Waals surface area (Å²) in [5.74, 6) is 0. The number of amides is 1. The molecule has 0 aliphatic carbocycles. The van der Waals surface area contributed by atoms with Crippen molar-refractivity contribution in [3.63, 3.8) is 0 Å². The summed E-state index contributed by atoms with van der Waals surface area (Å²) in [6, 6.07) is 18.9. The number of rotatable bonds is 6. The zero-order valence-electron chi connectivity index (χ0n) is 17.8. The molecule has 1 saturated heterocycles. The molecule has 1 atom stereocenters. The summed E-state index contributed by atoms with van der Waals surface area (Å²) in [4.78, 5) is 16.3. The predicted molar refractivity (Wildman–Crippen MR) is 118 cm³/mol. The lowest BCUT2D eigenvalue weighted by atomic mass is 9.86. The molecule has 5 nitrogen and oxygen atoms in total. The Kier molecular flexibility index (Phi) is 6.80. The van der Waals surface area contributed by atoms with E-state index in [4.69, 9.17) is 10.5 Å². The summed E-state index contributed by atoms with van der Waals surface area (Å²) in [6.07, 6.45) is -0.291. The maximum atomic E-state index is 11.4. The molecular formula is C24H33N3O2. The van der Waals surface area contributed by atoms with Gasteiger partial charge in [0.25, 0.3) is 0 Å². The Hall–Kier alpha value is -2.53. The fourth-order valence-electron chi connectivity index (χ4n) is 3.80. The van der Waals surface area contributed by atoms with E-state index >= 15 is 0 Å². The van der Waals surface area contributed by atoms with Crippen molar-refractivity contribution in [2.75, 3.05) is 37.6 Å². The minimum atomic E-state index is -0.719. The first-order valence-electron chi connectivity index (χ1n) is 10.4. The quantitative estimate of drug-likeness (QED) is 0.791. The second kappa shape index (κ2) is 9.31. The Morgan fingerprint density at radius 1 is 1.00 bits per heavy atom. The highest BCUT2D eigenvalue weighted by molar-refractivity contribution is 5.65. The summed E-state index contributed by atoms with van der Waals surface area (Å²) in [5, 5.41) is 0. The molecule has 0 radical (unpaired) electrons.